The fourth-order valence-corrected chi connectivity index (χ4v) is 2.72. The van der Waals surface area contributed by atoms with E-state index >= 15 is 0 Å². The van der Waals surface area contributed by atoms with E-state index in [1.54, 1.807) is 4.68 Å². The molecule has 8 nitrogen and oxygen atoms in total. The van der Waals surface area contributed by atoms with Gasteiger partial charge in [-0.1, -0.05) is 0 Å². The Balaban J connectivity index is 1.65. The number of nitrogens with zero attached hydrogens (tertiary/aromatic N) is 5. The SMILES string of the molecule is Cn1cc(N2CCC[C@@H]2CNc2nccc(C(=O)O)n2)cn1. The second-order valence-corrected chi connectivity index (χ2v) is 5.31. The van der Waals surface area contributed by atoms with Gasteiger partial charge in [0.05, 0.1) is 11.9 Å². The molecule has 2 aromatic heterocycles. The van der Waals surface area contributed by atoms with E-state index in [1.165, 1.54) is 12.3 Å². The quantitative estimate of drug-likeness (QED) is 0.850. The molecule has 0 bridgehead atoms. The third-order valence-corrected chi connectivity index (χ3v) is 3.77. The monoisotopic (exact) mass is 302 g/mol. The van der Waals surface area contributed by atoms with Crippen LogP contribution in [0.5, 0.6) is 0 Å². The number of aromatic carboxylic acids is 1. The molecule has 0 unspecified atom stereocenters. The van der Waals surface area contributed by atoms with Gasteiger partial charge in [-0.15, -0.1) is 0 Å². The summed E-state index contributed by atoms with van der Waals surface area (Å²) in [6.07, 6.45) is 7.50. The lowest BCUT2D eigenvalue weighted by atomic mass is 10.2. The molecule has 3 rings (SSSR count). The lowest BCUT2D eigenvalue weighted by molar-refractivity contribution is 0.0690. The normalized spacial score (nSPS) is 17.7. The van der Waals surface area contributed by atoms with Crippen LogP contribution in [0.1, 0.15) is 23.3 Å². The van der Waals surface area contributed by atoms with Crippen molar-refractivity contribution in [3.05, 3.63) is 30.4 Å². The fourth-order valence-electron chi connectivity index (χ4n) is 2.72. The number of nitrogens with one attached hydrogen (secondary N) is 1. The van der Waals surface area contributed by atoms with E-state index in [4.69, 9.17) is 5.11 Å². The van der Waals surface area contributed by atoms with Gasteiger partial charge >= 0.3 is 5.97 Å². The van der Waals surface area contributed by atoms with E-state index in [0.717, 1.165) is 25.1 Å². The van der Waals surface area contributed by atoms with Crippen molar-refractivity contribution in [2.45, 2.75) is 18.9 Å². The minimum absolute atomic E-state index is 0.00645. The van der Waals surface area contributed by atoms with Crippen molar-refractivity contribution < 1.29 is 9.90 Å². The van der Waals surface area contributed by atoms with Crippen molar-refractivity contribution in [3.63, 3.8) is 0 Å². The van der Waals surface area contributed by atoms with Crippen LogP contribution in [-0.2, 0) is 7.05 Å². The van der Waals surface area contributed by atoms with Gasteiger partial charge in [-0.3, -0.25) is 4.68 Å². The van der Waals surface area contributed by atoms with Crippen LogP contribution in [0, 0.1) is 0 Å². The molecule has 8 heteroatoms. The van der Waals surface area contributed by atoms with Crippen molar-refractivity contribution >= 4 is 17.6 Å². The van der Waals surface area contributed by atoms with Crippen LogP contribution < -0.4 is 10.2 Å². The summed E-state index contributed by atoms with van der Waals surface area (Å²) in [5, 5.41) is 16.3. The highest BCUT2D eigenvalue weighted by molar-refractivity contribution is 5.85. The van der Waals surface area contributed by atoms with Crippen molar-refractivity contribution in [3.8, 4) is 0 Å². The average Bonchev–Trinajstić information content (AvgIpc) is 3.13. The second-order valence-electron chi connectivity index (χ2n) is 5.31. The molecule has 1 aliphatic rings. The highest BCUT2D eigenvalue weighted by Gasteiger charge is 2.25. The number of anilines is 2. The first kappa shape index (κ1) is 14.3. The molecule has 0 saturated carbocycles. The van der Waals surface area contributed by atoms with Gasteiger partial charge in [0, 0.05) is 38.6 Å². The zero-order valence-electron chi connectivity index (χ0n) is 12.3. The van der Waals surface area contributed by atoms with E-state index in [1.807, 2.05) is 19.4 Å². The van der Waals surface area contributed by atoms with Gasteiger partial charge in [-0.2, -0.15) is 5.10 Å². The molecule has 1 fully saturated rings. The Labute approximate surface area is 127 Å². The molecular weight excluding hydrogens is 284 g/mol. The predicted octanol–water partition coefficient (Wildman–Crippen LogP) is 0.989. The molecule has 0 radical (unpaired) electrons. The van der Waals surface area contributed by atoms with Crippen LogP contribution in [0.15, 0.2) is 24.7 Å². The first-order valence-corrected chi connectivity index (χ1v) is 7.19. The summed E-state index contributed by atoms with van der Waals surface area (Å²) in [5.74, 6) is -0.707. The number of carbonyl (C=O) groups is 1. The molecule has 22 heavy (non-hydrogen) atoms. The molecule has 1 saturated heterocycles. The zero-order chi connectivity index (χ0) is 15.5. The number of aromatic nitrogens is 4. The molecule has 0 spiro atoms. The Morgan fingerprint density at radius 1 is 1.55 bits per heavy atom. The Morgan fingerprint density at radius 3 is 3.14 bits per heavy atom. The summed E-state index contributed by atoms with van der Waals surface area (Å²) in [7, 11) is 1.90. The molecule has 116 valence electrons. The summed E-state index contributed by atoms with van der Waals surface area (Å²) in [6.45, 7) is 1.66. The van der Waals surface area contributed by atoms with Gasteiger partial charge in [-0.05, 0) is 18.9 Å². The number of rotatable bonds is 5. The molecule has 3 heterocycles. The highest BCUT2D eigenvalue weighted by atomic mass is 16.4. The fraction of sp³-hybridized carbons (Fsp3) is 0.429. The molecular formula is C14H18N6O2. The maximum Gasteiger partial charge on any atom is 0.354 e. The molecule has 2 aromatic rings. The molecule has 0 aliphatic carbocycles. The largest absolute Gasteiger partial charge is 0.477 e. The third kappa shape index (κ3) is 3.00. The minimum Gasteiger partial charge on any atom is -0.477 e. The summed E-state index contributed by atoms with van der Waals surface area (Å²) < 4.78 is 1.79. The lowest BCUT2D eigenvalue weighted by Gasteiger charge is -2.25. The van der Waals surface area contributed by atoms with Crippen LogP contribution >= 0.6 is 0 Å². The number of carboxylic acid groups (broad SMARTS) is 1. The first-order valence-electron chi connectivity index (χ1n) is 7.19. The summed E-state index contributed by atoms with van der Waals surface area (Å²) >= 11 is 0. The number of aryl methyl sites for hydroxylation is 1. The van der Waals surface area contributed by atoms with Gasteiger partial charge < -0.3 is 15.3 Å². The molecule has 1 atom stereocenters. The van der Waals surface area contributed by atoms with Crippen molar-refractivity contribution in [2.24, 2.45) is 7.05 Å². The highest BCUT2D eigenvalue weighted by Crippen LogP contribution is 2.24. The number of hydrogen-bond acceptors (Lipinski definition) is 6. The van der Waals surface area contributed by atoms with E-state index in [0.29, 0.717) is 18.5 Å². The van der Waals surface area contributed by atoms with Crippen LogP contribution in [0.25, 0.3) is 0 Å². The van der Waals surface area contributed by atoms with Gasteiger partial charge in [0.15, 0.2) is 5.69 Å². The summed E-state index contributed by atoms with van der Waals surface area (Å²) in [4.78, 5) is 21.3. The summed E-state index contributed by atoms with van der Waals surface area (Å²) in [5.41, 5.74) is 1.10. The second kappa shape index (κ2) is 6.00. The topological polar surface area (TPSA) is 96.2 Å². The van der Waals surface area contributed by atoms with E-state index in [2.05, 4.69) is 25.3 Å². The maximum atomic E-state index is 10.9. The van der Waals surface area contributed by atoms with Crippen molar-refractivity contribution in [1.29, 1.82) is 0 Å². The van der Waals surface area contributed by atoms with Gasteiger partial charge in [0.2, 0.25) is 5.95 Å². The Morgan fingerprint density at radius 2 is 2.41 bits per heavy atom. The first-order chi connectivity index (χ1) is 10.6. The van der Waals surface area contributed by atoms with Crippen molar-refractivity contribution in [2.75, 3.05) is 23.3 Å². The zero-order valence-corrected chi connectivity index (χ0v) is 12.3. The Hall–Kier alpha value is -2.64. The molecule has 1 aliphatic heterocycles. The Bertz CT molecular complexity index is 671. The van der Waals surface area contributed by atoms with Crippen LogP contribution in [0.4, 0.5) is 11.6 Å². The molecule has 0 amide bonds. The smallest absolute Gasteiger partial charge is 0.354 e. The average molecular weight is 302 g/mol. The summed E-state index contributed by atoms with van der Waals surface area (Å²) in [6, 6.07) is 1.70. The number of hydrogen-bond donors (Lipinski definition) is 2. The minimum atomic E-state index is -1.05. The van der Waals surface area contributed by atoms with Crippen LogP contribution in [0.3, 0.4) is 0 Å². The van der Waals surface area contributed by atoms with E-state index in [9.17, 15) is 4.79 Å². The van der Waals surface area contributed by atoms with E-state index in [-0.39, 0.29) is 5.69 Å². The molecule has 2 N–H and O–H groups in total. The van der Waals surface area contributed by atoms with Gasteiger partial charge in [0.25, 0.3) is 0 Å². The van der Waals surface area contributed by atoms with Gasteiger partial charge in [0.1, 0.15) is 0 Å². The third-order valence-electron chi connectivity index (χ3n) is 3.77. The number of carboxylic acids is 1. The van der Waals surface area contributed by atoms with E-state index < -0.39 is 5.97 Å². The predicted molar refractivity (Wildman–Crippen MR) is 81.1 cm³/mol. The standard InChI is InChI=1S/C14H18N6O2/c1-19-9-11(8-17-19)20-6-2-3-10(20)7-16-14-15-5-4-12(18-14)13(21)22/h4-5,8-10H,2-3,6-7H2,1H3,(H,21,22)(H,15,16,18)/t10-/m1/s1. The lowest BCUT2D eigenvalue weighted by Crippen LogP contribution is -2.35. The van der Waals surface area contributed by atoms with Gasteiger partial charge in [-0.25, -0.2) is 14.8 Å². The Kier molecular flexibility index (Phi) is 3.90. The van der Waals surface area contributed by atoms with Crippen LogP contribution in [-0.4, -0.2) is 50.0 Å². The van der Waals surface area contributed by atoms with Crippen molar-refractivity contribution in [1.82, 2.24) is 19.7 Å². The maximum absolute atomic E-state index is 10.9. The molecule has 0 aromatic carbocycles. The van der Waals surface area contributed by atoms with Crippen LogP contribution in [0.2, 0.25) is 0 Å².